The maximum atomic E-state index is 12.0. The molecule has 1 saturated heterocycles. The molecule has 3 aromatic rings. The summed E-state index contributed by atoms with van der Waals surface area (Å²) in [6.45, 7) is 1.20. The van der Waals surface area contributed by atoms with Gasteiger partial charge < -0.3 is 14.4 Å². The first-order chi connectivity index (χ1) is 15.5. The number of ether oxygens (including phenoxy) is 2. The molecule has 7 nitrogen and oxygen atoms in total. The Labute approximate surface area is 191 Å². The minimum atomic E-state index is -0.361. The number of likely N-dealkylation sites (tertiary alicyclic amines) is 1. The highest BCUT2D eigenvalue weighted by Crippen LogP contribution is 2.42. The first kappa shape index (κ1) is 22.1. The number of piperidine rings is 1. The Morgan fingerprint density at radius 2 is 1.53 bits per heavy atom. The smallest absolute Gasteiger partial charge is 0.343 e. The summed E-state index contributed by atoms with van der Waals surface area (Å²) in [4.78, 5) is 19.9. The van der Waals surface area contributed by atoms with Crippen LogP contribution in [0, 0.1) is 0 Å². The molecule has 2 heterocycles. The second-order valence-electron chi connectivity index (χ2n) is 7.75. The van der Waals surface area contributed by atoms with E-state index in [0.717, 1.165) is 51.0 Å². The molecular weight excluding hydrogens is 426 g/mol. The molecule has 2 aromatic carbocycles. The SMILES string of the molecule is COc1ccc(-c2nc(C3CCN(C(=O)N(C)O)CC3)sc2-c2ccc(OC)cc2)cc1. The van der Waals surface area contributed by atoms with Gasteiger partial charge in [-0.1, -0.05) is 0 Å². The highest BCUT2D eigenvalue weighted by Gasteiger charge is 2.28. The summed E-state index contributed by atoms with van der Waals surface area (Å²) < 4.78 is 10.6. The number of nitrogens with zero attached hydrogens (tertiary/aromatic N) is 3. The number of carbonyl (C=O) groups excluding carboxylic acids is 1. The van der Waals surface area contributed by atoms with Crippen LogP contribution in [0.25, 0.3) is 21.7 Å². The van der Waals surface area contributed by atoms with Gasteiger partial charge in [0.25, 0.3) is 0 Å². The third kappa shape index (κ3) is 4.56. The maximum absolute atomic E-state index is 12.0. The first-order valence-corrected chi connectivity index (χ1v) is 11.3. The molecule has 1 aliphatic rings. The number of carbonyl (C=O) groups is 1. The summed E-state index contributed by atoms with van der Waals surface area (Å²) in [5, 5.41) is 11.2. The van der Waals surface area contributed by atoms with Crippen molar-refractivity contribution in [2.75, 3.05) is 34.4 Å². The minimum absolute atomic E-state index is 0.275. The van der Waals surface area contributed by atoms with Crippen LogP contribution in [0.1, 0.15) is 23.8 Å². The van der Waals surface area contributed by atoms with Gasteiger partial charge in [0.15, 0.2) is 0 Å². The van der Waals surface area contributed by atoms with Gasteiger partial charge in [-0.3, -0.25) is 5.21 Å². The predicted octanol–water partition coefficient (Wildman–Crippen LogP) is 5.11. The highest BCUT2D eigenvalue weighted by molar-refractivity contribution is 7.15. The van der Waals surface area contributed by atoms with Crippen LogP contribution in [0.5, 0.6) is 11.5 Å². The number of amides is 2. The Kier molecular flexibility index (Phi) is 6.62. The van der Waals surface area contributed by atoms with Gasteiger partial charge in [-0.2, -0.15) is 0 Å². The number of hydrogen-bond donors (Lipinski definition) is 1. The molecule has 1 fully saturated rings. The molecule has 1 N–H and O–H groups in total. The summed E-state index contributed by atoms with van der Waals surface area (Å²) in [5.74, 6) is 1.90. The van der Waals surface area contributed by atoms with Crippen molar-refractivity contribution in [1.29, 1.82) is 0 Å². The molecule has 1 aliphatic heterocycles. The molecule has 0 atom stereocenters. The van der Waals surface area contributed by atoms with Crippen molar-refractivity contribution in [2.45, 2.75) is 18.8 Å². The third-order valence-electron chi connectivity index (χ3n) is 5.75. The lowest BCUT2D eigenvalue weighted by Gasteiger charge is -2.32. The number of hydrogen-bond acceptors (Lipinski definition) is 6. The summed E-state index contributed by atoms with van der Waals surface area (Å²) in [5.41, 5.74) is 3.08. The van der Waals surface area contributed by atoms with Crippen molar-refractivity contribution >= 4 is 17.4 Å². The Balaban J connectivity index is 1.65. The fraction of sp³-hybridized carbons (Fsp3) is 0.333. The lowest BCUT2D eigenvalue weighted by Crippen LogP contribution is -2.43. The number of aromatic nitrogens is 1. The van der Waals surface area contributed by atoms with Crippen LogP contribution in [-0.4, -0.2) is 60.5 Å². The zero-order valence-electron chi connectivity index (χ0n) is 18.4. The van der Waals surface area contributed by atoms with E-state index in [2.05, 4.69) is 12.1 Å². The van der Waals surface area contributed by atoms with E-state index < -0.39 is 0 Å². The largest absolute Gasteiger partial charge is 0.497 e. The van der Waals surface area contributed by atoms with Crippen molar-refractivity contribution in [3.63, 3.8) is 0 Å². The van der Waals surface area contributed by atoms with Gasteiger partial charge in [0.05, 0.1) is 29.8 Å². The molecule has 1 aromatic heterocycles. The van der Waals surface area contributed by atoms with E-state index >= 15 is 0 Å². The fourth-order valence-corrected chi connectivity index (χ4v) is 5.18. The predicted molar refractivity (Wildman–Crippen MR) is 125 cm³/mol. The van der Waals surface area contributed by atoms with Crippen LogP contribution >= 0.6 is 11.3 Å². The molecule has 0 bridgehead atoms. The van der Waals surface area contributed by atoms with Crippen molar-refractivity contribution in [3.8, 4) is 33.2 Å². The standard InChI is InChI=1S/C24H27N3O4S/c1-26(29)24(28)27-14-12-18(13-15-27)23-25-21(16-4-8-19(30-2)9-5-16)22(32-23)17-6-10-20(31-3)11-7-17/h4-11,18,29H,12-15H2,1-3H3. The fourth-order valence-electron chi connectivity index (χ4n) is 3.92. The number of thiazole rings is 1. The van der Waals surface area contributed by atoms with Crippen molar-refractivity contribution < 1.29 is 19.5 Å². The molecule has 0 spiro atoms. The van der Waals surface area contributed by atoms with Gasteiger partial charge in [-0.05, 0) is 66.9 Å². The number of hydroxylamine groups is 2. The summed E-state index contributed by atoms with van der Waals surface area (Å²) >= 11 is 1.71. The van der Waals surface area contributed by atoms with E-state index in [9.17, 15) is 10.0 Å². The van der Waals surface area contributed by atoms with E-state index in [1.807, 2.05) is 36.4 Å². The molecule has 0 saturated carbocycles. The van der Waals surface area contributed by atoms with E-state index in [1.165, 1.54) is 7.05 Å². The molecule has 0 unspecified atom stereocenters. The van der Waals surface area contributed by atoms with Gasteiger partial charge in [-0.15, -0.1) is 11.3 Å². The maximum Gasteiger partial charge on any atom is 0.343 e. The van der Waals surface area contributed by atoms with Gasteiger partial charge in [0.2, 0.25) is 0 Å². The van der Waals surface area contributed by atoms with Crippen molar-refractivity contribution in [2.24, 2.45) is 0 Å². The summed E-state index contributed by atoms with van der Waals surface area (Å²) in [7, 11) is 4.68. The minimum Gasteiger partial charge on any atom is -0.497 e. The highest BCUT2D eigenvalue weighted by atomic mass is 32.1. The topological polar surface area (TPSA) is 75.1 Å². The molecular formula is C24H27N3O4S. The first-order valence-electron chi connectivity index (χ1n) is 10.5. The van der Waals surface area contributed by atoms with Crippen molar-refractivity contribution in [3.05, 3.63) is 53.5 Å². The lowest BCUT2D eigenvalue weighted by atomic mass is 9.97. The summed E-state index contributed by atoms with van der Waals surface area (Å²) in [6.07, 6.45) is 1.63. The molecule has 0 aliphatic carbocycles. The molecule has 168 valence electrons. The number of methoxy groups -OCH3 is 2. The average molecular weight is 454 g/mol. The van der Waals surface area contributed by atoms with E-state index in [4.69, 9.17) is 14.5 Å². The quantitative estimate of drug-likeness (QED) is 0.429. The molecule has 32 heavy (non-hydrogen) atoms. The third-order valence-corrected chi connectivity index (χ3v) is 7.02. The Morgan fingerprint density at radius 3 is 2.03 bits per heavy atom. The number of urea groups is 1. The van der Waals surface area contributed by atoms with Crippen LogP contribution in [0.2, 0.25) is 0 Å². The van der Waals surface area contributed by atoms with Gasteiger partial charge in [-0.25, -0.2) is 14.8 Å². The van der Waals surface area contributed by atoms with Crippen LogP contribution in [0.4, 0.5) is 4.79 Å². The van der Waals surface area contributed by atoms with Crippen LogP contribution in [-0.2, 0) is 0 Å². The summed E-state index contributed by atoms with van der Waals surface area (Å²) in [6, 6.07) is 15.6. The number of benzene rings is 2. The normalized spacial score (nSPS) is 14.3. The Morgan fingerprint density at radius 1 is 1.00 bits per heavy atom. The van der Waals surface area contributed by atoms with Crippen LogP contribution in [0.3, 0.4) is 0 Å². The van der Waals surface area contributed by atoms with Gasteiger partial charge in [0, 0.05) is 31.6 Å². The number of rotatable bonds is 5. The van der Waals surface area contributed by atoms with Gasteiger partial charge >= 0.3 is 6.03 Å². The molecule has 0 radical (unpaired) electrons. The Bertz CT molecular complexity index is 991. The monoisotopic (exact) mass is 453 g/mol. The van der Waals surface area contributed by atoms with Crippen LogP contribution in [0.15, 0.2) is 48.5 Å². The zero-order chi connectivity index (χ0) is 22.7. The van der Waals surface area contributed by atoms with E-state index in [-0.39, 0.29) is 11.9 Å². The Hall–Kier alpha value is -3.10. The molecule has 2 amide bonds. The van der Waals surface area contributed by atoms with E-state index in [0.29, 0.717) is 18.2 Å². The average Bonchev–Trinajstić information content (AvgIpc) is 3.29. The molecule has 4 rings (SSSR count). The van der Waals surface area contributed by atoms with Crippen molar-refractivity contribution in [1.82, 2.24) is 14.9 Å². The molecule has 8 heteroatoms. The van der Waals surface area contributed by atoms with E-state index in [1.54, 1.807) is 30.5 Å². The lowest BCUT2D eigenvalue weighted by molar-refractivity contribution is -0.0356. The zero-order valence-corrected chi connectivity index (χ0v) is 19.3. The second kappa shape index (κ2) is 9.58. The van der Waals surface area contributed by atoms with Gasteiger partial charge in [0.1, 0.15) is 11.5 Å². The van der Waals surface area contributed by atoms with Crippen LogP contribution < -0.4 is 9.47 Å². The second-order valence-corrected chi connectivity index (χ2v) is 8.78.